The quantitative estimate of drug-likeness (QED) is 0.435. The Morgan fingerprint density at radius 1 is 1.27 bits per heavy atom. The van der Waals surface area contributed by atoms with Crippen molar-refractivity contribution in [3.63, 3.8) is 0 Å². The van der Waals surface area contributed by atoms with Crippen molar-refractivity contribution in [2.45, 2.75) is 38.2 Å². The Hall–Kier alpha value is -0.300. The molecule has 0 N–H and O–H groups in total. The van der Waals surface area contributed by atoms with Crippen LogP contribution in [0, 0.1) is 5.92 Å². The lowest BCUT2D eigenvalue weighted by atomic mass is 10.2. The van der Waals surface area contributed by atoms with E-state index in [0.717, 1.165) is 12.5 Å². The van der Waals surface area contributed by atoms with E-state index in [1.807, 2.05) is 0 Å². The van der Waals surface area contributed by atoms with E-state index in [4.69, 9.17) is 4.74 Å². The lowest BCUT2D eigenvalue weighted by Crippen LogP contribution is -1.81. The van der Waals surface area contributed by atoms with Crippen molar-refractivity contribution in [1.82, 2.24) is 0 Å². The van der Waals surface area contributed by atoms with E-state index < -0.39 is 0 Å². The molecule has 11 heavy (non-hydrogen) atoms. The van der Waals surface area contributed by atoms with E-state index in [-0.39, 0.29) is 0 Å². The van der Waals surface area contributed by atoms with E-state index in [0.29, 0.717) is 6.10 Å². The highest BCUT2D eigenvalue weighted by atomic mass is 16.6. The zero-order chi connectivity index (χ0) is 7.52. The molecule has 0 aromatic heterocycles. The van der Waals surface area contributed by atoms with Gasteiger partial charge >= 0.3 is 0 Å². The minimum absolute atomic E-state index is 0.612. The summed E-state index contributed by atoms with van der Waals surface area (Å²) in [5, 5.41) is 0. The maximum atomic E-state index is 5.11. The van der Waals surface area contributed by atoms with Crippen molar-refractivity contribution < 1.29 is 4.74 Å². The summed E-state index contributed by atoms with van der Waals surface area (Å²) in [7, 11) is 0. The summed E-state index contributed by atoms with van der Waals surface area (Å²) in [5.74, 6) is 1.04. The lowest BCUT2D eigenvalue weighted by molar-refractivity contribution is 0.398. The van der Waals surface area contributed by atoms with Crippen molar-refractivity contribution >= 4 is 0 Å². The van der Waals surface area contributed by atoms with Gasteiger partial charge in [0.2, 0.25) is 0 Å². The SMILES string of the molecule is C(=C/CC1CC1)/CC[C@@H]1CO1. The van der Waals surface area contributed by atoms with Gasteiger partial charge in [-0.3, -0.25) is 0 Å². The van der Waals surface area contributed by atoms with Gasteiger partial charge in [-0.2, -0.15) is 0 Å². The third-order valence-electron chi connectivity index (χ3n) is 2.39. The van der Waals surface area contributed by atoms with Crippen LogP contribution in [0.25, 0.3) is 0 Å². The number of hydrogen-bond donors (Lipinski definition) is 0. The van der Waals surface area contributed by atoms with Gasteiger partial charge in [-0.15, -0.1) is 0 Å². The van der Waals surface area contributed by atoms with Gasteiger partial charge in [0.05, 0.1) is 12.7 Å². The molecule has 1 heterocycles. The van der Waals surface area contributed by atoms with Crippen LogP contribution in [0.2, 0.25) is 0 Å². The first-order valence-corrected chi connectivity index (χ1v) is 4.72. The second kappa shape index (κ2) is 3.40. The average molecular weight is 152 g/mol. The molecule has 1 saturated carbocycles. The molecule has 0 radical (unpaired) electrons. The predicted molar refractivity (Wildman–Crippen MR) is 45.5 cm³/mol. The molecular weight excluding hydrogens is 136 g/mol. The minimum atomic E-state index is 0.612. The van der Waals surface area contributed by atoms with Crippen LogP contribution in [0.15, 0.2) is 12.2 Å². The highest BCUT2D eigenvalue weighted by molar-refractivity contribution is 4.89. The van der Waals surface area contributed by atoms with Crippen molar-refractivity contribution in [2.75, 3.05) is 6.61 Å². The largest absolute Gasteiger partial charge is 0.373 e. The second-order valence-corrected chi connectivity index (χ2v) is 3.68. The fourth-order valence-electron chi connectivity index (χ4n) is 1.28. The first-order valence-electron chi connectivity index (χ1n) is 4.72. The number of allylic oxidation sites excluding steroid dienone is 2. The molecule has 1 aliphatic heterocycles. The van der Waals surface area contributed by atoms with Gasteiger partial charge in [-0.25, -0.2) is 0 Å². The van der Waals surface area contributed by atoms with Gasteiger partial charge < -0.3 is 4.74 Å². The molecule has 0 aromatic rings. The monoisotopic (exact) mass is 152 g/mol. The summed E-state index contributed by atoms with van der Waals surface area (Å²) in [4.78, 5) is 0. The molecule has 1 saturated heterocycles. The van der Waals surface area contributed by atoms with Crippen LogP contribution < -0.4 is 0 Å². The van der Waals surface area contributed by atoms with E-state index in [9.17, 15) is 0 Å². The fourth-order valence-corrected chi connectivity index (χ4v) is 1.28. The van der Waals surface area contributed by atoms with Gasteiger partial charge in [0.25, 0.3) is 0 Å². The Balaban J connectivity index is 1.46. The second-order valence-electron chi connectivity index (χ2n) is 3.68. The summed E-state index contributed by atoms with van der Waals surface area (Å²) in [6, 6.07) is 0. The zero-order valence-electron chi connectivity index (χ0n) is 6.96. The number of epoxide rings is 1. The van der Waals surface area contributed by atoms with E-state index in [1.54, 1.807) is 0 Å². The number of hydrogen-bond acceptors (Lipinski definition) is 1. The number of rotatable bonds is 5. The Bertz CT molecular complexity index is 143. The highest BCUT2D eigenvalue weighted by Crippen LogP contribution is 2.32. The Morgan fingerprint density at radius 2 is 2.09 bits per heavy atom. The standard InChI is InChI=1S/C10H16O/c1(2-4-9-6-7-9)3-5-10-8-11-10/h1-2,9-10H,3-8H2/b2-1-/t10-/m1/s1. The van der Waals surface area contributed by atoms with Crippen LogP contribution in [0.1, 0.15) is 32.1 Å². The maximum Gasteiger partial charge on any atom is 0.0812 e. The first kappa shape index (κ1) is 7.35. The molecule has 2 fully saturated rings. The summed E-state index contributed by atoms with van der Waals surface area (Å²) >= 11 is 0. The molecule has 2 aliphatic rings. The predicted octanol–water partition coefficient (Wildman–Crippen LogP) is 2.52. The normalized spacial score (nSPS) is 29.6. The van der Waals surface area contributed by atoms with Gasteiger partial charge in [0, 0.05) is 0 Å². The summed E-state index contributed by atoms with van der Waals surface area (Å²) in [6.07, 6.45) is 12.0. The molecule has 1 atom stereocenters. The molecule has 1 heteroatoms. The van der Waals surface area contributed by atoms with Crippen LogP contribution >= 0.6 is 0 Å². The van der Waals surface area contributed by atoms with Crippen LogP contribution in [-0.4, -0.2) is 12.7 Å². The Kier molecular flexibility index (Phi) is 2.27. The van der Waals surface area contributed by atoms with Gasteiger partial charge in [0.1, 0.15) is 0 Å². The molecule has 1 aliphatic carbocycles. The van der Waals surface area contributed by atoms with Gasteiger partial charge in [-0.1, -0.05) is 12.2 Å². The van der Waals surface area contributed by atoms with Crippen LogP contribution in [0.4, 0.5) is 0 Å². The van der Waals surface area contributed by atoms with Crippen molar-refractivity contribution in [3.05, 3.63) is 12.2 Å². The molecule has 0 bridgehead atoms. The molecule has 0 unspecified atom stereocenters. The third kappa shape index (κ3) is 3.06. The van der Waals surface area contributed by atoms with Crippen LogP contribution in [-0.2, 0) is 4.74 Å². The molecule has 0 spiro atoms. The Morgan fingerprint density at radius 3 is 2.73 bits per heavy atom. The molecule has 1 nitrogen and oxygen atoms in total. The molecule has 0 aromatic carbocycles. The van der Waals surface area contributed by atoms with Crippen LogP contribution in [0.3, 0.4) is 0 Å². The van der Waals surface area contributed by atoms with Crippen molar-refractivity contribution in [3.8, 4) is 0 Å². The smallest absolute Gasteiger partial charge is 0.0812 e. The molecule has 0 amide bonds. The average Bonchev–Trinajstić information content (AvgIpc) is 2.83. The van der Waals surface area contributed by atoms with Gasteiger partial charge in [0.15, 0.2) is 0 Å². The van der Waals surface area contributed by atoms with E-state index in [2.05, 4.69) is 12.2 Å². The van der Waals surface area contributed by atoms with E-state index in [1.165, 1.54) is 32.1 Å². The van der Waals surface area contributed by atoms with Crippen molar-refractivity contribution in [1.29, 1.82) is 0 Å². The lowest BCUT2D eigenvalue weighted by Gasteiger charge is -1.88. The topological polar surface area (TPSA) is 12.5 Å². The van der Waals surface area contributed by atoms with Crippen molar-refractivity contribution in [2.24, 2.45) is 5.92 Å². The van der Waals surface area contributed by atoms with Crippen LogP contribution in [0.5, 0.6) is 0 Å². The third-order valence-corrected chi connectivity index (χ3v) is 2.39. The molecule has 62 valence electrons. The summed E-state index contributed by atoms with van der Waals surface area (Å²) in [5.41, 5.74) is 0. The van der Waals surface area contributed by atoms with Gasteiger partial charge in [-0.05, 0) is 38.0 Å². The zero-order valence-corrected chi connectivity index (χ0v) is 6.96. The first-order chi connectivity index (χ1) is 5.45. The summed E-state index contributed by atoms with van der Waals surface area (Å²) in [6.45, 7) is 1.01. The fraction of sp³-hybridized carbons (Fsp3) is 0.800. The van der Waals surface area contributed by atoms with E-state index >= 15 is 0 Å². The maximum absolute atomic E-state index is 5.11. The molecular formula is C10H16O. The number of ether oxygens (including phenoxy) is 1. The molecule has 2 rings (SSSR count). The minimum Gasteiger partial charge on any atom is -0.373 e. The highest BCUT2D eigenvalue weighted by Gasteiger charge is 2.21. The Labute approximate surface area is 68.4 Å². The summed E-state index contributed by atoms with van der Waals surface area (Å²) < 4.78 is 5.11.